The number of aliphatic carboxylic acids is 1. The lowest BCUT2D eigenvalue weighted by atomic mass is 10.1. The van der Waals surface area contributed by atoms with Gasteiger partial charge in [-0.2, -0.15) is 0 Å². The van der Waals surface area contributed by atoms with E-state index in [0.717, 1.165) is 5.69 Å². The van der Waals surface area contributed by atoms with Gasteiger partial charge in [0.25, 0.3) is 10.0 Å². The van der Waals surface area contributed by atoms with Gasteiger partial charge in [-0.15, -0.1) is 0 Å². The summed E-state index contributed by atoms with van der Waals surface area (Å²) in [4.78, 5) is 12.8. The molecular weight excluding hydrogens is 344 g/mol. The molecule has 0 amide bonds. The van der Waals surface area contributed by atoms with E-state index in [0.29, 0.717) is 30.2 Å². The number of nitrogens with zero attached hydrogens (tertiary/aromatic N) is 1. The molecule has 7 nitrogen and oxygen atoms in total. The van der Waals surface area contributed by atoms with Gasteiger partial charge in [0, 0.05) is 12.7 Å². The van der Waals surface area contributed by atoms with Crippen LogP contribution in [0.25, 0.3) is 0 Å². The van der Waals surface area contributed by atoms with Crippen LogP contribution in [0.4, 0.5) is 11.4 Å². The number of hydrogen-bond donors (Lipinski definition) is 2. The number of hydrogen-bond acceptors (Lipinski definition) is 5. The molecule has 1 heterocycles. The Morgan fingerprint density at radius 1 is 1.24 bits per heavy atom. The summed E-state index contributed by atoms with van der Waals surface area (Å²) in [6.45, 7) is 1.26. The second kappa shape index (κ2) is 6.64. The van der Waals surface area contributed by atoms with Crippen LogP contribution in [0.5, 0.6) is 5.75 Å². The third-order valence-electron chi connectivity index (χ3n) is 3.90. The second-order valence-corrected chi connectivity index (χ2v) is 7.45. The van der Waals surface area contributed by atoms with Crippen LogP contribution in [-0.2, 0) is 21.2 Å². The summed E-state index contributed by atoms with van der Waals surface area (Å²) in [6, 6.07) is 11.0. The van der Waals surface area contributed by atoms with Crippen LogP contribution in [0.2, 0.25) is 0 Å². The van der Waals surface area contributed by atoms with Crippen molar-refractivity contribution in [3.8, 4) is 5.75 Å². The molecule has 25 heavy (non-hydrogen) atoms. The van der Waals surface area contributed by atoms with Crippen molar-refractivity contribution in [2.45, 2.75) is 11.3 Å². The Balaban J connectivity index is 1.82. The summed E-state index contributed by atoms with van der Waals surface area (Å²) in [5.41, 5.74) is 1.70. The predicted octanol–water partition coefficient (Wildman–Crippen LogP) is 1.94. The van der Waals surface area contributed by atoms with Crippen molar-refractivity contribution in [2.24, 2.45) is 0 Å². The van der Waals surface area contributed by atoms with Gasteiger partial charge < -0.3 is 14.7 Å². The van der Waals surface area contributed by atoms with Crippen LogP contribution in [0.15, 0.2) is 47.4 Å². The molecule has 0 aromatic heterocycles. The lowest BCUT2D eigenvalue weighted by Gasteiger charge is -2.28. The molecule has 1 aliphatic heterocycles. The molecule has 132 valence electrons. The molecule has 0 bridgehead atoms. The van der Waals surface area contributed by atoms with Crippen LogP contribution in [0.1, 0.15) is 5.56 Å². The zero-order chi connectivity index (χ0) is 18.0. The summed E-state index contributed by atoms with van der Waals surface area (Å²) in [6.07, 6.45) is -0.107. The molecular formula is C17H18N2O5S. The van der Waals surface area contributed by atoms with Crippen molar-refractivity contribution in [2.75, 3.05) is 29.8 Å². The van der Waals surface area contributed by atoms with Gasteiger partial charge in [-0.1, -0.05) is 12.1 Å². The maximum Gasteiger partial charge on any atom is 0.307 e. The van der Waals surface area contributed by atoms with Crippen LogP contribution in [-0.4, -0.2) is 39.7 Å². The highest BCUT2D eigenvalue weighted by atomic mass is 32.2. The predicted molar refractivity (Wildman–Crippen MR) is 93.8 cm³/mol. The molecule has 2 N–H and O–H groups in total. The van der Waals surface area contributed by atoms with Crippen molar-refractivity contribution in [1.29, 1.82) is 0 Å². The van der Waals surface area contributed by atoms with E-state index >= 15 is 0 Å². The number of rotatable bonds is 5. The van der Waals surface area contributed by atoms with Crippen molar-refractivity contribution in [3.05, 3.63) is 48.0 Å². The maximum atomic E-state index is 12.6. The van der Waals surface area contributed by atoms with Gasteiger partial charge in [0.2, 0.25) is 0 Å². The number of sulfonamides is 1. The molecule has 0 saturated carbocycles. The summed E-state index contributed by atoms with van der Waals surface area (Å²) in [5, 5.41) is 8.76. The Morgan fingerprint density at radius 3 is 2.64 bits per heavy atom. The number of anilines is 2. The van der Waals surface area contributed by atoms with E-state index in [2.05, 4.69) is 4.72 Å². The van der Waals surface area contributed by atoms with Gasteiger partial charge in [0.1, 0.15) is 12.4 Å². The quantitative estimate of drug-likeness (QED) is 0.844. The van der Waals surface area contributed by atoms with E-state index in [-0.39, 0.29) is 11.3 Å². The number of ether oxygens (including phenoxy) is 1. The Kier molecular flexibility index (Phi) is 4.54. The molecule has 2 aromatic carbocycles. The van der Waals surface area contributed by atoms with Gasteiger partial charge in [-0.25, -0.2) is 8.42 Å². The maximum absolute atomic E-state index is 12.6. The highest BCUT2D eigenvalue weighted by molar-refractivity contribution is 7.92. The first kappa shape index (κ1) is 17.1. The Hall–Kier alpha value is -2.74. The first-order chi connectivity index (χ1) is 11.8. The average Bonchev–Trinajstić information content (AvgIpc) is 2.56. The number of benzene rings is 2. The summed E-state index contributed by atoms with van der Waals surface area (Å²) < 4.78 is 33.2. The Labute approximate surface area is 145 Å². The average molecular weight is 362 g/mol. The number of likely N-dealkylation sites (N-methyl/N-ethyl adjacent to an activating group) is 1. The number of carbonyl (C=O) groups is 1. The number of fused-ring (bicyclic) bond motifs is 1. The summed E-state index contributed by atoms with van der Waals surface area (Å²) in [5.74, 6) is -0.278. The van der Waals surface area contributed by atoms with Crippen LogP contribution in [0, 0.1) is 0 Å². The van der Waals surface area contributed by atoms with E-state index in [4.69, 9.17) is 9.84 Å². The smallest absolute Gasteiger partial charge is 0.307 e. The molecule has 8 heteroatoms. The molecule has 0 aliphatic carbocycles. The molecule has 0 radical (unpaired) electrons. The lowest BCUT2D eigenvalue weighted by Crippen LogP contribution is -2.29. The molecule has 1 aliphatic rings. The summed E-state index contributed by atoms with van der Waals surface area (Å²) >= 11 is 0. The van der Waals surface area contributed by atoms with Gasteiger partial charge in [0.05, 0.1) is 23.5 Å². The SMILES string of the molecule is CN1CCOc2ccc(S(=O)(=O)Nc3ccc(CC(=O)O)cc3)cc21. The minimum atomic E-state index is -3.75. The van der Waals surface area contributed by atoms with Gasteiger partial charge >= 0.3 is 5.97 Å². The second-order valence-electron chi connectivity index (χ2n) is 5.77. The monoisotopic (exact) mass is 362 g/mol. The molecule has 2 aromatic rings. The molecule has 0 unspecified atom stereocenters. The van der Waals surface area contributed by atoms with Crippen LogP contribution in [0.3, 0.4) is 0 Å². The Morgan fingerprint density at radius 2 is 1.96 bits per heavy atom. The normalized spacial score (nSPS) is 13.7. The van der Waals surface area contributed by atoms with Gasteiger partial charge in [-0.3, -0.25) is 9.52 Å². The molecule has 0 saturated heterocycles. The van der Waals surface area contributed by atoms with Crippen molar-refractivity contribution < 1.29 is 23.1 Å². The van der Waals surface area contributed by atoms with E-state index in [9.17, 15) is 13.2 Å². The molecule has 0 atom stereocenters. The molecule has 3 rings (SSSR count). The topological polar surface area (TPSA) is 95.9 Å². The molecule has 0 fully saturated rings. The largest absolute Gasteiger partial charge is 0.490 e. The summed E-state index contributed by atoms with van der Waals surface area (Å²) in [7, 11) is -1.87. The van der Waals surface area contributed by atoms with Crippen molar-refractivity contribution >= 4 is 27.4 Å². The number of nitrogens with one attached hydrogen (secondary N) is 1. The fourth-order valence-corrected chi connectivity index (χ4v) is 3.66. The fourth-order valence-electron chi connectivity index (χ4n) is 2.58. The van der Waals surface area contributed by atoms with E-state index in [1.807, 2.05) is 11.9 Å². The number of carboxylic acid groups (broad SMARTS) is 1. The number of carboxylic acids is 1. The van der Waals surface area contributed by atoms with Crippen molar-refractivity contribution in [1.82, 2.24) is 0 Å². The highest BCUT2D eigenvalue weighted by Crippen LogP contribution is 2.33. The lowest BCUT2D eigenvalue weighted by molar-refractivity contribution is -0.136. The zero-order valence-electron chi connectivity index (χ0n) is 13.6. The minimum Gasteiger partial charge on any atom is -0.490 e. The third-order valence-corrected chi connectivity index (χ3v) is 5.28. The standard InChI is InChI=1S/C17H18N2O5S/c1-19-8-9-24-16-7-6-14(11-15(16)19)25(22,23)18-13-4-2-12(3-5-13)10-17(20)21/h2-7,11,18H,8-10H2,1H3,(H,20,21). The molecule has 0 spiro atoms. The van der Waals surface area contributed by atoms with Crippen LogP contribution >= 0.6 is 0 Å². The zero-order valence-corrected chi connectivity index (χ0v) is 14.4. The van der Waals surface area contributed by atoms with Crippen molar-refractivity contribution in [3.63, 3.8) is 0 Å². The first-order valence-electron chi connectivity index (χ1n) is 7.67. The van der Waals surface area contributed by atoms with Gasteiger partial charge in [0.15, 0.2) is 0 Å². The highest BCUT2D eigenvalue weighted by Gasteiger charge is 2.20. The fraction of sp³-hybridized carbons (Fsp3) is 0.235. The van der Waals surface area contributed by atoms with E-state index < -0.39 is 16.0 Å². The minimum absolute atomic E-state index is 0.107. The van der Waals surface area contributed by atoms with Crippen LogP contribution < -0.4 is 14.4 Å². The Bertz CT molecular complexity index is 894. The van der Waals surface area contributed by atoms with E-state index in [1.165, 1.54) is 6.07 Å². The third kappa shape index (κ3) is 3.85. The first-order valence-corrected chi connectivity index (χ1v) is 9.15. The van der Waals surface area contributed by atoms with Gasteiger partial charge in [-0.05, 0) is 35.9 Å². The van der Waals surface area contributed by atoms with E-state index in [1.54, 1.807) is 36.4 Å².